The molecule has 2 N–H and O–H groups in total. The Morgan fingerprint density at radius 3 is 2.30 bits per heavy atom. The van der Waals surface area contributed by atoms with Crippen LogP contribution in [0.1, 0.15) is 29.8 Å². The number of hydrogen-bond donors (Lipinski definition) is 2. The number of amides is 1. The van der Waals surface area contributed by atoms with Gasteiger partial charge in [0.15, 0.2) is 0 Å². The Morgan fingerprint density at radius 1 is 1.15 bits per heavy atom. The Morgan fingerprint density at radius 2 is 1.78 bits per heavy atom. The van der Waals surface area contributed by atoms with E-state index in [2.05, 4.69) is 19.2 Å². The summed E-state index contributed by atoms with van der Waals surface area (Å²) in [6.07, 6.45) is 1.48. The SMILES string of the molecule is CC(C)COc1ccc(/C=C(\C#N)C(=O)Nc2ccc(C(=O)O)cc2)cc1. The van der Waals surface area contributed by atoms with E-state index in [9.17, 15) is 14.9 Å². The van der Waals surface area contributed by atoms with Crippen LogP contribution in [-0.4, -0.2) is 23.6 Å². The molecular formula is C21H20N2O4. The van der Waals surface area contributed by atoms with Crippen LogP contribution < -0.4 is 10.1 Å². The summed E-state index contributed by atoms with van der Waals surface area (Å²) in [5, 5.41) is 20.7. The number of benzene rings is 2. The Bertz CT molecular complexity index is 876. The number of nitrogens with one attached hydrogen (secondary N) is 1. The molecule has 0 aliphatic rings. The number of nitriles is 1. The van der Waals surface area contributed by atoms with Crippen LogP contribution in [0.2, 0.25) is 0 Å². The number of nitrogens with zero attached hydrogens (tertiary/aromatic N) is 1. The molecule has 2 aromatic carbocycles. The summed E-state index contributed by atoms with van der Waals surface area (Å²) in [7, 11) is 0. The van der Waals surface area contributed by atoms with E-state index in [4.69, 9.17) is 9.84 Å². The number of anilines is 1. The van der Waals surface area contributed by atoms with Gasteiger partial charge in [0.1, 0.15) is 17.4 Å². The molecule has 0 heterocycles. The second-order valence-corrected chi connectivity index (χ2v) is 6.28. The average molecular weight is 364 g/mol. The van der Waals surface area contributed by atoms with Crippen molar-refractivity contribution >= 4 is 23.6 Å². The minimum atomic E-state index is -1.05. The van der Waals surface area contributed by atoms with E-state index >= 15 is 0 Å². The molecule has 0 atom stereocenters. The fourth-order valence-corrected chi connectivity index (χ4v) is 2.13. The van der Waals surface area contributed by atoms with Gasteiger partial charge in [-0.05, 0) is 54.0 Å². The highest BCUT2D eigenvalue weighted by Crippen LogP contribution is 2.16. The van der Waals surface area contributed by atoms with Crippen LogP contribution in [0.5, 0.6) is 5.75 Å². The molecule has 138 valence electrons. The lowest BCUT2D eigenvalue weighted by molar-refractivity contribution is -0.112. The second-order valence-electron chi connectivity index (χ2n) is 6.28. The van der Waals surface area contributed by atoms with E-state index < -0.39 is 11.9 Å². The van der Waals surface area contributed by atoms with E-state index in [0.29, 0.717) is 23.8 Å². The quantitative estimate of drug-likeness (QED) is 0.572. The topological polar surface area (TPSA) is 99.4 Å². The van der Waals surface area contributed by atoms with Crippen molar-refractivity contribution in [3.63, 3.8) is 0 Å². The number of hydrogen-bond acceptors (Lipinski definition) is 4. The van der Waals surface area contributed by atoms with Crippen molar-refractivity contribution in [3.05, 3.63) is 65.2 Å². The van der Waals surface area contributed by atoms with Crippen molar-refractivity contribution in [2.45, 2.75) is 13.8 Å². The van der Waals surface area contributed by atoms with Crippen molar-refractivity contribution in [1.82, 2.24) is 0 Å². The Balaban J connectivity index is 2.07. The highest BCUT2D eigenvalue weighted by molar-refractivity contribution is 6.09. The number of carboxylic acid groups (broad SMARTS) is 1. The first-order valence-corrected chi connectivity index (χ1v) is 8.38. The molecule has 0 aromatic heterocycles. The van der Waals surface area contributed by atoms with Crippen LogP contribution in [0.15, 0.2) is 54.1 Å². The van der Waals surface area contributed by atoms with E-state index in [1.807, 2.05) is 6.07 Å². The van der Waals surface area contributed by atoms with Gasteiger partial charge in [0.2, 0.25) is 0 Å². The molecule has 0 spiro atoms. The molecule has 0 fully saturated rings. The molecule has 1 amide bonds. The van der Waals surface area contributed by atoms with E-state index in [1.165, 1.54) is 30.3 Å². The predicted octanol–water partition coefficient (Wildman–Crippen LogP) is 3.97. The molecule has 6 nitrogen and oxygen atoms in total. The highest BCUT2D eigenvalue weighted by Gasteiger charge is 2.10. The normalized spacial score (nSPS) is 11.0. The van der Waals surface area contributed by atoms with Crippen molar-refractivity contribution in [2.75, 3.05) is 11.9 Å². The lowest BCUT2D eigenvalue weighted by atomic mass is 10.1. The van der Waals surface area contributed by atoms with Gasteiger partial charge in [0, 0.05) is 5.69 Å². The zero-order chi connectivity index (χ0) is 19.8. The van der Waals surface area contributed by atoms with Gasteiger partial charge in [0.05, 0.1) is 12.2 Å². The van der Waals surface area contributed by atoms with E-state index in [0.717, 1.165) is 5.75 Å². The molecule has 2 aromatic rings. The van der Waals surface area contributed by atoms with Crippen molar-refractivity contribution in [1.29, 1.82) is 5.26 Å². The number of rotatable bonds is 7. The first-order chi connectivity index (χ1) is 12.9. The molecule has 0 unspecified atom stereocenters. The van der Waals surface area contributed by atoms with E-state index in [1.54, 1.807) is 24.3 Å². The maximum atomic E-state index is 12.3. The van der Waals surface area contributed by atoms with Gasteiger partial charge in [-0.2, -0.15) is 5.26 Å². The molecule has 0 radical (unpaired) electrons. The van der Waals surface area contributed by atoms with Gasteiger partial charge in [-0.15, -0.1) is 0 Å². The highest BCUT2D eigenvalue weighted by atomic mass is 16.5. The van der Waals surface area contributed by atoms with Crippen LogP contribution in [0.4, 0.5) is 5.69 Å². The van der Waals surface area contributed by atoms with Crippen molar-refractivity contribution < 1.29 is 19.4 Å². The van der Waals surface area contributed by atoms with Gasteiger partial charge in [-0.3, -0.25) is 4.79 Å². The standard InChI is InChI=1S/C21H20N2O4/c1-14(2)13-27-19-9-3-15(4-10-19)11-17(12-22)20(24)23-18-7-5-16(6-8-18)21(25)26/h3-11,14H,13H2,1-2H3,(H,23,24)(H,25,26)/b17-11+. The molecule has 0 saturated heterocycles. The number of aromatic carboxylic acids is 1. The molecule has 2 rings (SSSR count). The van der Waals surface area contributed by atoms with Crippen LogP contribution in [-0.2, 0) is 4.79 Å². The number of ether oxygens (including phenoxy) is 1. The third kappa shape index (κ3) is 6.01. The Labute approximate surface area is 157 Å². The first-order valence-electron chi connectivity index (χ1n) is 8.38. The van der Waals surface area contributed by atoms with Crippen LogP contribution >= 0.6 is 0 Å². The molecule has 0 aliphatic carbocycles. The summed E-state index contributed by atoms with van der Waals surface area (Å²) in [6.45, 7) is 4.73. The van der Waals surface area contributed by atoms with E-state index in [-0.39, 0.29) is 11.1 Å². The summed E-state index contributed by atoms with van der Waals surface area (Å²) in [5.74, 6) is -0.475. The number of carboxylic acids is 1. The van der Waals surface area contributed by atoms with Crippen molar-refractivity contribution in [2.24, 2.45) is 5.92 Å². The molecular weight excluding hydrogens is 344 g/mol. The molecule has 0 saturated carbocycles. The summed E-state index contributed by atoms with van der Waals surface area (Å²) in [6, 6.07) is 14.7. The Hall–Kier alpha value is -3.59. The van der Waals surface area contributed by atoms with Gasteiger partial charge in [-0.1, -0.05) is 26.0 Å². The molecule has 6 heteroatoms. The number of carbonyl (C=O) groups excluding carboxylic acids is 1. The minimum Gasteiger partial charge on any atom is -0.493 e. The predicted molar refractivity (Wildman–Crippen MR) is 102 cm³/mol. The first kappa shape index (κ1) is 19.7. The van der Waals surface area contributed by atoms with Crippen LogP contribution in [0.25, 0.3) is 6.08 Å². The third-order valence-corrected chi connectivity index (χ3v) is 3.53. The number of carbonyl (C=O) groups is 2. The summed E-state index contributed by atoms with van der Waals surface area (Å²) in [4.78, 5) is 23.1. The average Bonchev–Trinajstić information content (AvgIpc) is 2.65. The van der Waals surface area contributed by atoms with Gasteiger partial charge < -0.3 is 15.2 Å². The minimum absolute atomic E-state index is 0.0619. The summed E-state index contributed by atoms with van der Waals surface area (Å²) >= 11 is 0. The zero-order valence-electron chi connectivity index (χ0n) is 15.1. The third-order valence-electron chi connectivity index (χ3n) is 3.53. The second kappa shape index (κ2) is 9.20. The maximum absolute atomic E-state index is 12.3. The summed E-state index contributed by atoms with van der Waals surface area (Å²) < 4.78 is 5.60. The van der Waals surface area contributed by atoms with Gasteiger partial charge >= 0.3 is 5.97 Å². The van der Waals surface area contributed by atoms with Gasteiger partial charge in [0.25, 0.3) is 5.91 Å². The molecule has 0 bridgehead atoms. The molecule has 0 aliphatic heterocycles. The lowest BCUT2D eigenvalue weighted by Gasteiger charge is -2.08. The van der Waals surface area contributed by atoms with Crippen LogP contribution in [0, 0.1) is 17.2 Å². The van der Waals surface area contributed by atoms with Crippen molar-refractivity contribution in [3.8, 4) is 11.8 Å². The Kier molecular flexibility index (Phi) is 6.73. The smallest absolute Gasteiger partial charge is 0.335 e. The zero-order valence-corrected chi connectivity index (χ0v) is 15.1. The lowest BCUT2D eigenvalue weighted by Crippen LogP contribution is -2.13. The summed E-state index contributed by atoms with van der Waals surface area (Å²) in [5.41, 5.74) is 1.15. The van der Waals surface area contributed by atoms with Crippen LogP contribution in [0.3, 0.4) is 0 Å². The fourth-order valence-electron chi connectivity index (χ4n) is 2.13. The largest absolute Gasteiger partial charge is 0.493 e. The molecule has 27 heavy (non-hydrogen) atoms. The maximum Gasteiger partial charge on any atom is 0.335 e. The van der Waals surface area contributed by atoms with Gasteiger partial charge in [-0.25, -0.2) is 4.79 Å². The fraction of sp³-hybridized carbons (Fsp3) is 0.190. The monoisotopic (exact) mass is 364 g/mol.